The minimum Gasteiger partial charge on any atom is -0.366 e. The summed E-state index contributed by atoms with van der Waals surface area (Å²) in [5.74, 6) is 0. The first-order valence-electron chi connectivity index (χ1n) is 7.27. The van der Waals surface area contributed by atoms with Gasteiger partial charge in [0, 0.05) is 32.2 Å². The molecule has 0 spiro atoms. The molecular weight excluding hydrogens is 309 g/mol. The summed E-state index contributed by atoms with van der Waals surface area (Å²) in [4.78, 5) is 16.1. The molecule has 116 valence electrons. The Balaban J connectivity index is 1.96. The molecule has 1 aromatic rings. The topological polar surface area (TPSA) is 35.6 Å². The summed E-state index contributed by atoms with van der Waals surface area (Å²) in [6, 6.07) is 5.72. The van der Waals surface area contributed by atoms with Crippen LogP contribution in [0.3, 0.4) is 0 Å². The zero-order valence-electron chi connectivity index (χ0n) is 12.4. The van der Waals surface area contributed by atoms with Gasteiger partial charge in [0.15, 0.2) is 0 Å². The fourth-order valence-corrected chi connectivity index (χ4v) is 2.96. The van der Waals surface area contributed by atoms with E-state index in [-0.39, 0.29) is 12.1 Å². The number of halogens is 2. The molecule has 1 N–H and O–H groups in total. The van der Waals surface area contributed by atoms with Crippen LogP contribution in [0.2, 0.25) is 10.0 Å². The fourth-order valence-electron chi connectivity index (χ4n) is 2.33. The summed E-state index contributed by atoms with van der Waals surface area (Å²) in [5.41, 5.74) is 0.864. The highest BCUT2D eigenvalue weighted by Crippen LogP contribution is 2.33. The number of amides is 2. The normalized spacial score (nSPS) is 16.8. The van der Waals surface area contributed by atoms with E-state index in [0.717, 1.165) is 25.2 Å². The summed E-state index contributed by atoms with van der Waals surface area (Å²) in [6.07, 6.45) is 0.931. The second-order valence-electron chi connectivity index (χ2n) is 5.30. The van der Waals surface area contributed by atoms with E-state index in [4.69, 9.17) is 23.2 Å². The lowest BCUT2D eigenvalue weighted by molar-refractivity contribution is 0.191. The van der Waals surface area contributed by atoms with Gasteiger partial charge in [-0.25, -0.2) is 4.79 Å². The molecule has 1 heterocycles. The van der Waals surface area contributed by atoms with Crippen molar-refractivity contribution in [2.24, 2.45) is 0 Å². The number of urea groups is 1. The number of hydrogen-bond donors (Lipinski definition) is 1. The number of nitrogens with zero attached hydrogens (tertiary/aromatic N) is 2. The van der Waals surface area contributed by atoms with Crippen LogP contribution >= 0.6 is 23.2 Å². The molecule has 21 heavy (non-hydrogen) atoms. The lowest BCUT2D eigenvalue weighted by Crippen LogP contribution is -2.53. The van der Waals surface area contributed by atoms with E-state index >= 15 is 0 Å². The van der Waals surface area contributed by atoms with Crippen molar-refractivity contribution >= 4 is 34.9 Å². The maximum atomic E-state index is 12.1. The first-order chi connectivity index (χ1) is 10.0. The van der Waals surface area contributed by atoms with E-state index in [0.29, 0.717) is 23.1 Å². The molecule has 0 aromatic heterocycles. The minimum atomic E-state index is 0.00857. The molecule has 0 bridgehead atoms. The highest BCUT2D eigenvalue weighted by Gasteiger charge is 2.24. The standard InChI is InChI=1S/C15H21Cl2N3O/c1-3-11(2)18-15(21)20-9-7-19(8-10-20)14-12(16)5-4-6-13(14)17/h4-6,11H,3,7-10H2,1-2H3,(H,18,21). The third-order valence-electron chi connectivity index (χ3n) is 3.80. The van der Waals surface area contributed by atoms with Gasteiger partial charge in [0.05, 0.1) is 15.7 Å². The van der Waals surface area contributed by atoms with Crippen molar-refractivity contribution in [3.8, 4) is 0 Å². The summed E-state index contributed by atoms with van der Waals surface area (Å²) >= 11 is 12.5. The van der Waals surface area contributed by atoms with Gasteiger partial charge in [-0.3, -0.25) is 0 Å². The number of carbonyl (C=O) groups excluding carboxylic acids is 1. The second kappa shape index (κ2) is 7.23. The monoisotopic (exact) mass is 329 g/mol. The van der Waals surface area contributed by atoms with E-state index in [9.17, 15) is 4.79 Å². The predicted octanol–water partition coefficient (Wildman–Crippen LogP) is 3.62. The summed E-state index contributed by atoms with van der Waals surface area (Å²) in [7, 11) is 0. The van der Waals surface area contributed by atoms with Gasteiger partial charge in [0.2, 0.25) is 0 Å². The number of nitrogens with one attached hydrogen (secondary N) is 1. The zero-order valence-corrected chi connectivity index (χ0v) is 13.9. The second-order valence-corrected chi connectivity index (χ2v) is 6.12. The molecule has 1 atom stereocenters. The quantitative estimate of drug-likeness (QED) is 0.919. The fraction of sp³-hybridized carbons (Fsp3) is 0.533. The molecule has 1 fully saturated rings. The Kier molecular flexibility index (Phi) is 5.59. The van der Waals surface area contributed by atoms with Crippen LogP contribution in [-0.4, -0.2) is 43.2 Å². The average molecular weight is 330 g/mol. The van der Waals surface area contributed by atoms with E-state index in [1.165, 1.54) is 0 Å². The molecule has 2 amide bonds. The number of para-hydroxylation sites is 1. The zero-order chi connectivity index (χ0) is 15.4. The maximum absolute atomic E-state index is 12.1. The van der Waals surface area contributed by atoms with Crippen LogP contribution < -0.4 is 10.2 Å². The van der Waals surface area contributed by atoms with Gasteiger partial charge < -0.3 is 15.1 Å². The van der Waals surface area contributed by atoms with Crippen molar-refractivity contribution in [1.29, 1.82) is 0 Å². The van der Waals surface area contributed by atoms with Gasteiger partial charge in [-0.1, -0.05) is 36.2 Å². The van der Waals surface area contributed by atoms with E-state index in [1.54, 1.807) is 0 Å². The molecule has 2 rings (SSSR count). The SMILES string of the molecule is CCC(C)NC(=O)N1CCN(c2c(Cl)cccc2Cl)CC1. The molecule has 1 saturated heterocycles. The first kappa shape index (κ1) is 16.2. The summed E-state index contributed by atoms with van der Waals surface area (Å²) < 4.78 is 0. The van der Waals surface area contributed by atoms with Gasteiger partial charge in [-0.2, -0.15) is 0 Å². The highest BCUT2D eigenvalue weighted by atomic mass is 35.5. The number of piperazine rings is 1. The molecule has 0 saturated carbocycles. The van der Waals surface area contributed by atoms with Crippen molar-refractivity contribution < 1.29 is 4.79 Å². The van der Waals surface area contributed by atoms with Gasteiger partial charge in [-0.05, 0) is 25.5 Å². The molecule has 0 aliphatic carbocycles. The highest BCUT2D eigenvalue weighted by molar-refractivity contribution is 6.39. The van der Waals surface area contributed by atoms with Crippen LogP contribution in [0.4, 0.5) is 10.5 Å². The van der Waals surface area contributed by atoms with Gasteiger partial charge >= 0.3 is 6.03 Å². The Hall–Kier alpha value is -1.13. The molecule has 4 nitrogen and oxygen atoms in total. The van der Waals surface area contributed by atoms with Gasteiger partial charge in [0.25, 0.3) is 0 Å². The lowest BCUT2D eigenvalue weighted by atomic mass is 10.2. The molecule has 1 aliphatic heterocycles. The lowest BCUT2D eigenvalue weighted by Gasteiger charge is -2.37. The van der Waals surface area contributed by atoms with E-state index < -0.39 is 0 Å². The van der Waals surface area contributed by atoms with Crippen LogP contribution in [0.5, 0.6) is 0 Å². The van der Waals surface area contributed by atoms with E-state index in [1.807, 2.05) is 30.0 Å². The van der Waals surface area contributed by atoms with Crippen molar-refractivity contribution in [2.75, 3.05) is 31.1 Å². The summed E-state index contributed by atoms with van der Waals surface area (Å²) in [6.45, 7) is 6.88. The Labute approximate surface area is 136 Å². The smallest absolute Gasteiger partial charge is 0.317 e. The van der Waals surface area contributed by atoms with Gasteiger partial charge in [0.1, 0.15) is 0 Å². The maximum Gasteiger partial charge on any atom is 0.317 e. The number of carbonyl (C=O) groups is 1. The Bertz CT molecular complexity index is 481. The van der Waals surface area contributed by atoms with Gasteiger partial charge in [-0.15, -0.1) is 0 Å². The predicted molar refractivity (Wildman–Crippen MR) is 88.5 cm³/mol. The molecular formula is C15H21Cl2N3O. The Morgan fingerprint density at radius 1 is 1.24 bits per heavy atom. The largest absolute Gasteiger partial charge is 0.366 e. The first-order valence-corrected chi connectivity index (χ1v) is 8.03. The van der Waals surface area contributed by atoms with Crippen molar-refractivity contribution in [2.45, 2.75) is 26.3 Å². The van der Waals surface area contributed by atoms with Crippen LogP contribution in [-0.2, 0) is 0 Å². The molecule has 1 unspecified atom stereocenters. The van der Waals surface area contributed by atoms with Crippen LogP contribution in [0, 0.1) is 0 Å². The Morgan fingerprint density at radius 3 is 2.33 bits per heavy atom. The van der Waals surface area contributed by atoms with E-state index in [2.05, 4.69) is 17.1 Å². The third kappa shape index (κ3) is 3.95. The number of benzene rings is 1. The van der Waals surface area contributed by atoms with Crippen molar-refractivity contribution in [3.05, 3.63) is 28.2 Å². The number of anilines is 1. The third-order valence-corrected chi connectivity index (χ3v) is 4.41. The molecule has 1 aliphatic rings. The van der Waals surface area contributed by atoms with Crippen LogP contribution in [0.1, 0.15) is 20.3 Å². The minimum absolute atomic E-state index is 0.00857. The molecule has 1 aromatic carbocycles. The van der Waals surface area contributed by atoms with Crippen LogP contribution in [0.25, 0.3) is 0 Å². The molecule has 0 radical (unpaired) electrons. The number of hydrogen-bond acceptors (Lipinski definition) is 2. The number of rotatable bonds is 3. The Morgan fingerprint density at radius 2 is 1.81 bits per heavy atom. The van der Waals surface area contributed by atoms with Crippen molar-refractivity contribution in [3.63, 3.8) is 0 Å². The summed E-state index contributed by atoms with van der Waals surface area (Å²) in [5, 5.41) is 4.30. The van der Waals surface area contributed by atoms with Crippen LogP contribution in [0.15, 0.2) is 18.2 Å². The molecule has 6 heteroatoms. The van der Waals surface area contributed by atoms with Crippen molar-refractivity contribution in [1.82, 2.24) is 10.2 Å². The average Bonchev–Trinajstić information content (AvgIpc) is 2.47.